The lowest BCUT2D eigenvalue weighted by Crippen LogP contribution is -2.12. The molecule has 4 nitrogen and oxygen atoms in total. The van der Waals surface area contributed by atoms with Crippen LogP contribution in [0.3, 0.4) is 0 Å². The molecule has 0 aliphatic rings. The molecule has 0 spiro atoms. The second kappa shape index (κ2) is 2.85. The van der Waals surface area contributed by atoms with E-state index in [4.69, 9.17) is 5.73 Å². The Labute approximate surface area is 82.5 Å². The number of fused-ring (bicyclic) bond motifs is 1. The first-order valence-electron chi connectivity index (χ1n) is 4.05. The molecule has 0 bridgehead atoms. The number of alkyl halides is 3. The van der Waals surface area contributed by atoms with Gasteiger partial charge in [-0.25, -0.2) is 9.97 Å². The summed E-state index contributed by atoms with van der Waals surface area (Å²) in [7, 11) is 1.27. The van der Waals surface area contributed by atoms with Crippen LogP contribution in [0.25, 0.3) is 11.2 Å². The van der Waals surface area contributed by atoms with Gasteiger partial charge in [-0.3, -0.25) is 0 Å². The average Bonchev–Trinajstić information content (AvgIpc) is 2.42. The van der Waals surface area contributed by atoms with Gasteiger partial charge in [-0.05, 0) is 6.07 Å². The first-order chi connectivity index (χ1) is 6.89. The Morgan fingerprint density at radius 3 is 2.67 bits per heavy atom. The standard InChI is InChI=1S/C8H7F3N4/c1-15-6-5(2-4(12)3-13-6)14-7(15)8(9,10)11/h2-3H,12H2,1H3. The fraction of sp³-hybridized carbons (Fsp3) is 0.250. The zero-order valence-corrected chi connectivity index (χ0v) is 7.71. The molecule has 0 amide bonds. The molecule has 2 heterocycles. The number of anilines is 1. The quantitative estimate of drug-likeness (QED) is 0.727. The van der Waals surface area contributed by atoms with Crippen molar-refractivity contribution in [3.8, 4) is 0 Å². The van der Waals surface area contributed by atoms with Crippen molar-refractivity contribution in [2.75, 3.05) is 5.73 Å². The number of nitrogens with zero attached hydrogens (tertiary/aromatic N) is 3. The zero-order valence-electron chi connectivity index (χ0n) is 7.71. The monoisotopic (exact) mass is 216 g/mol. The molecule has 2 aromatic rings. The molecule has 0 saturated carbocycles. The van der Waals surface area contributed by atoms with Crippen LogP contribution in [0.15, 0.2) is 12.3 Å². The minimum Gasteiger partial charge on any atom is -0.397 e. The Morgan fingerprint density at radius 2 is 2.07 bits per heavy atom. The maximum Gasteiger partial charge on any atom is 0.449 e. The first-order valence-corrected chi connectivity index (χ1v) is 4.05. The van der Waals surface area contributed by atoms with Gasteiger partial charge in [0.05, 0.1) is 11.9 Å². The molecule has 0 atom stereocenters. The van der Waals surface area contributed by atoms with Crippen LogP contribution in [0.5, 0.6) is 0 Å². The second-order valence-corrected chi connectivity index (χ2v) is 3.10. The smallest absolute Gasteiger partial charge is 0.397 e. The Morgan fingerprint density at radius 1 is 1.40 bits per heavy atom. The van der Waals surface area contributed by atoms with Gasteiger partial charge in [0.2, 0.25) is 5.82 Å². The number of halogens is 3. The normalized spacial score (nSPS) is 12.3. The van der Waals surface area contributed by atoms with Crippen molar-refractivity contribution >= 4 is 16.9 Å². The maximum absolute atomic E-state index is 12.4. The molecule has 0 aromatic carbocycles. The van der Waals surface area contributed by atoms with Crippen molar-refractivity contribution in [2.45, 2.75) is 6.18 Å². The minimum atomic E-state index is -4.48. The molecule has 15 heavy (non-hydrogen) atoms. The van der Waals surface area contributed by atoms with Crippen LogP contribution in [0.1, 0.15) is 5.82 Å². The summed E-state index contributed by atoms with van der Waals surface area (Å²) < 4.78 is 38.2. The van der Waals surface area contributed by atoms with Crippen LogP contribution in [0.4, 0.5) is 18.9 Å². The fourth-order valence-corrected chi connectivity index (χ4v) is 1.35. The van der Waals surface area contributed by atoms with Crippen molar-refractivity contribution in [2.24, 2.45) is 7.05 Å². The highest BCUT2D eigenvalue weighted by molar-refractivity contribution is 5.74. The molecule has 0 aliphatic heterocycles. The molecular weight excluding hydrogens is 209 g/mol. The summed E-state index contributed by atoms with van der Waals surface area (Å²) in [5, 5.41) is 0. The fourth-order valence-electron chi connectivity index (χ4n) is 1.35. The molecule has 0 unspecified atom stereocenters. The van der Waals surface area contributed by atoms with E-state index >= 15 is 0 Å². The molecule has 0 radical (unpaired) electrons. The van der Waals surface area contributed by atoms with Gasteiger partial charge < -0.3 is 10.3 Å². The van der Waals surface area contributed by atoms with E-state index in [1.54, 1.807) is 0 Å². The number of hydrogen-bond donors (Lipinski definition) is 1. The third-order valence-electron chi connectivity index (χ3n) is 1.98. The molecule has 0 fully saturated rings. The van der Waals surface area contributed by atoms with E-state index in [2.05, 4.69) is 9.97 Å². The van der Waals surface area contributed by atoms with Gasteiger partial charge in [0, 0.05) is 7.05 Å². The Bertz CT molecular complexity index is 514. The van der Waals surface area contributed by atoms with Crippen LogP contribution < -0.4 is 5.73 Å². The molecule has 0 saturated heterocycles. The third kappa shape index (κ3) is 1.49. The zero-order chi connectivity index (χ0) is 11.2. The van der Waals surface area contributed by atoms with Crippen molar-refractivity contribution < 1.29 is 13.2 Å². The van der Waals surface area contributed by atoms with Crippen LogP contribution in [-0.2, 0) is 13.2 Å². The number of nitrogen functional groups attached to an aromatic ring is 1. The van der Waals surface area contributed by atoms with Crippen LogP contribution in [-0.4, -0.2) is 14.5 Å². The lowest BCUT2D eigenvalue weighted by molar-refractivity contribution is -0.146. The SMILES string of the molecule is Cn1c(C(F)(F)F)nc2cc(N)cnc21. The molecular formula is C8H7F3N4. The number of nitrogens with two attached hydrogens (primary N) is 1. The average molecular weight is 216 g/mol. The topological polar surface area (TPSA) is 56.7 Å². The van der Waals surface area contributed by atoms with Gasteiger partial charge in [-0.1, -0.05) is 0 Å². The van der Waals surface area contributed by atoms with E-state index in [1.165, 1.54) is 19.3 Å². The van der Waals surface area contributed by atoms with E-state index < -0.39 is 12.0 Å². The van der Waals surface area contributed by atoms with E-state index in [-0.39, 0.29) is 16.9 Å². The summed E-state index contributed by atoms with van der Waals surface area (Å²) in [6.45, 7) is 0. The molecule has 7 heteroatoms. The minimum absolute atomic E-state index is 0.143. The van der Waals surface area contributed by atoms with Crippen molar-refractivity contribution in [3.05, 3.63) is 18.1 Å². The summed E-state index contributed by atoms with van der Waals surface area (Å²) in [6.07, 6.45) is -3.19. The van der Waals surface area contributed by atoms with Gasteiger partial charge >= 0.3 is 6.18 Å². The van der Waals surface area contributed by atoms with Crippen LogP contribution >= 0.6 is 0 Å². The number of aromatic nitrogens is 3. The number of rotatable bonds is 0. The number of pyridine rings is 1. The Hall–Kier alpha value is -1.79. The predicted octanol–water partition coefficient (Wildman–Crippen LogP) is 1.57. The second-order valence-electron chi connectivity index (χ2n) is 3.10. The van der Waals surface area contributed by atoms with E-state index in [0.717, 1.165) is 4.57 Å². The first kappa shape index (κ1) is 9.75. The van der Waals surface area contributed by atoms with Gasteiger partial charge in [0.15, 0.2) is 5.65 Å². The number of imidazole rings is 1. The van der Waals surface area contributed by atoms with E-state index in [0.29, 0.717) is 0 Å². The van der Waals surface area contributed by atoms with Crippen molar-refractivity contribution in [1.82, 2.24) is 14.5 Å². The lowest BCUT2D eigenvalue weighted by Gasteiger charge is -2.04. The highest BCUT2D eigenvalue weighted by Gasteiger charge is 2.36. The van der Waals surface area contributed by atoms with Crippen molar-refractivity contribution in [1.29, 1.82) is 0 Å². The van der Waals surface area contributed by atoms with E-state index in [1.807, 2.05) is 0 Å². The highest BCUT2D eigenvalue weighted by Crippen LogP contribution is 2.30. The summed E-state index contributed by atoms with van der Waals surface area (Å²) >= 11 is 0. The largest absolute Gasteiger partial charge is 0.449 e. The third-order valence-corrected chi connectivity index (χ3v) is 1.98. The Kier molecular flexibility index (Phi) is 1.85. The molecule has 2 N–H and O–H groups in total. The molecule has 2 rings (SSSR count). The summed E-state index contributed by atoms with van der Waals surface area (Å²) in [4.78, 5) is 7.23. The molecule has 2 aromatic heterocycles. The van der Waals surface area contributed by atoms with Crippen LogP contribution in [0, 0.1) is 0 Å². The van der Waals surface area contributed by atoms with E-state index in [9.17, 15) is 13.2 Å². The van der Waals surface area contributed by atoms with Crippen molar-refractivity contribution in [3.63, 3.8) is 0 Å². The van der Waals surface area contributed by atoms with Gasteiger partial charge in [-0.2, -0.15) is 13.2 Å². The highest BCUT2D eigenvalue weighted by atomic mass is 19.4. The van der Waals surface area contributed by atoms with Gasteiger partial charge in [-0.15, -0.1) is 0 Å². The summed E-state index contributed by atoms with van der Waals surface area (Å²) in [5.74, 6) is -0.976. The summed E-state index contributed by atoms with van der Waals surface area (Å²) in [5.41, 5.74) is 5.99. The molecule has 0 aliphatic carbocycles. The number of hydrogen-bond acceptors (Lipinski definition) is 3. The van der Waals surface area contributed by atoms with Crippen LogP contribution in [0.2, 0.25) is 0 Å². The molecule has 80 valence electrons. The predicted molar refractivity (Wildman–Crippen MR) is 47.9 cm³/mol. The van der Waals surface area contributed by atoms with Gasteiger partial charge in [0.25, 0.3) is 0 Å². The Balaban J connectivity index is 2.75. The van der Waals surface area contributed by atoms with Gasteiger partial charge in [0.1, 0.15) is 5.52 Å². The lowest BCUT2D eigenvalue weighted by atomic mass is 10.4. The number of aryl methyl sites for hydroxylation is 1. The summed E-state index contributed by atoms with van der Waals surface area (Å²) in [6, 6.07) is 1.36. The maximum atomic E-state index is 12.4.